The molecule has 3 unspecified atom stereocenters. The van der Waals surface area contributed by atoms with Crippen LogP contribution in [0.3, 0.4) is 0 Å². The summed E-state index contributed by atoms with van der Waals surface area (Å²) in [5.74, 6) is 1.09. The van der Waals surface area contributed by atoms with Crippen LogP contribution in [-0.4, -0.2) is 10.1 Å². The Morgan fingerprint density at radius 2 is 2.19 bits per heavy atom. The molecule has 0 saturated heterocycles. The molecule has 1 aromatic carbocycles. The van der Waals surface area contributed by atoms with E-state index in [0.29, 0.717) is 11.8 Å². The van der Waals surface area contributed by atoms with Crippen LogP contribution < -0.4 is 0 Å². The fourth-order valence-electron chi connectivity index (χ4n) is 2.42. The largest absolute Gasteiger partial charge is 0.388 e. The lowest BCUT2D eigenvalue weighted by atomic mass is 9.99. The minimum Gasteiger partial charge on any atom is -0.388 e. The van der Waals surface area contributed by atoms with E-state index in [9.17, 15) is 5.11 Å². The first-order chi connectivity index (χ1) is 7.77. The molecule has 1 saturated carbocycles. The molecule has 16 heavy (non-hydrogen) atoms. The summed E-state index contributed by atoms with van der Waals surface area (Å²) in [7, 11) is 0. The summed E-state index contributed by atoms with van der Waals surface area (Å²) < 4.78 is 0. The van der Waals surface area contributed by atoms with Crippen molar-refractivity contribution >= 4 is 10.8 Å². The van der Waals surface area contributed by atoms with Crippen molar-refractivity contribution in [1.82, 2.24) is 4.98 Å². The van der Waals surface area contributed by atoms with Crippen molar-refractivity contribution in [3.63, 3.8) is 0 Å². The monoisotopic (exact) mass is 213 g/mol. The van der Waals surface area contributed by atoms with Crippen LogP contribution >= 0.6 is 0 Å². The van der Waals surface area contributed by atoms with E-state index < -0.39 is 0 Å². The second-order valence-corrected chi connectivity index (χ2v) is 4.77. The van der Waals surface area contributed by atoms with Gasteiger partial charge in [0.2, 0.25) is 0 Å². The van der Waals surface area contributed by atoms with Crippen LogP contribution in [0, 0.1) is 11.8 Å². The maximum absolute atomic E-state index is 10.3. The van der Waals surface area contributed by atoms with Crippen LogP contribution in [0.4, 0.5) is 0 Å². The van der Waals surface area contributed by atoms with Gasteiger partial charge in [0.25, 0.3) is 0 Å². The summed E-state index contributed by atoms with van der Waals surface area (Å²) in [6.07, 6.45) is 4.44. The Hall–Kier alpha value is -1.41. The van der Waals surface area contributed by atoms with Crippen LogP contribution in [0.5, 0.6) is 0 Å². The van der Waals surface area contributed by atoms with E-state index in [1.165, 1.54) is 0 Å². The zero-order valence-electron chi connectivity index (χ0n) is 9.30. The Kier molecular flexibility index (Phi) is 2.18. The van der Waals surface area contributed by atoms with Gasteiger partial charge in [-0.1, -0.05) is 25.1 Å². The highest BCUT2D eigenvalue weighted by Gasteiger charge is 2.39. The van der Waals surface area contributed by atoms with E-state index >= 15 is 0 Å². The van der Waals surface area contributed by atoms with Crippen molar-refractivity contribution in [3.05, 3.63) is 42.2 Å². The SMILES string of the molecule is CC1CC1C(O)c1cccc2ccncc12. The first-order valence-electron chi connectivity index (χ1n) is 5.78. The van der Waals surface area contributed by atoms with Crippen molar-refractivity contribution in [2.24, 2.45) is 11.8 Å². The number of pyridine rings is 1. The lowest BCUT2D eigenvalue weighted by Gasteiger charge is -2.12. The highest BCUT2D eigenvalue weighted by molar-refractivity contribution is 5.85. The fraction of sp³-hybridized carbons (Fsp3) is 0.357. The van der Waals surface area contributed by atoms with Gasteiger partial charge in [0.05, 0.1) is 6.10 Å². The molecule has 1 aliphatic carbocycles. The van der Waals surface area contributed by atoms with Crippen molar-refractivity contribution in [2.45, 2.75) is 19.4 Å². The number of benzene rings is 1. The van der Waals surface area contributed by atoms with Gasteiger partial charge in [-0.05, 0) is 35.3 Å². The molecular weight excluding hydrogens is 198 g/mol. The second-order valence-electron chi connectivity index (χ2n) is 4.77. The van der Waals surface area contributed by atoms with E-state index in [1.807, 2.05) is 24.4 Å². The summed E-state index contributed by atoms with van der Waals surface area (Å²) in [5.41, 5.74) is 1.03. The van der Waals surface area contributed by atoms with Gasteiger partial charge < -0.3 is 5.11 Å². The number of fused-ring (bicyclic) bond motifs is 1. The molecule has 2 heteroatoms. The van der Waals surface area contributed by atoms with Crippen LogP contribution in [0.15, 0.2) is 36.7 Å². The zero-order chi connectivity index (χ0) is 11.1. The molecule has 3 atom stereocenters. The molecule has 0 bridgehead atoms. The minimum atomic E-state index is -0.331. The first-order valence-corrected chi connectivity index (χ1v) is 5.78. The molecule has 3 rings (SSSR count). The number of aliphatic hydroxyl groups excluding tert-OH is 1. The van der Waals surface area contributed by atoms with Crippen molar-refractivity contribution in [2.75, 3.05) is 0 Å². The lowest BCUT2D eigenvalue weighted by Crippen LogP contribution is -2.01. The van der Waals surface area contributed by atoms with Crippen LogP contribution in [0.1, 0.15) is 25.0 Å². The van der Waals surface area contributed by atoms with Gasteiger partial charge in [0.1, 0.15) is 0 Å². The molecule has 0 aliphatic heterocycles. The smallest absolute Gasteiger partial charge is 0.0827 e. The van der Waals surface area contributed by atoms with Crippen LogP contribution in [-0.2, 0) is 0 Å². The van der Waals surface area contributed by atoms with E-state index in [2.05, 4.69) is 18.0 Å². The summed E-state index contributed by atoms with van der Waals surface area (Å²) in [4.78, 5) is 4.14. The van der Waals surface area contributed by atoms with Gasteiger partial charge in [-0.15, -0.1) is 0 Å². The number of aromatic nitrogens is 1. The molecule has 0 amide bonds. The Morgan fingerprint density at radius 3 is 2.94 bits per heavy atom. The maximum Gasteiger partial charge on any atom is 0.0827 e. The number of rotatable bonds is 2. The summed E-state index contributed by atoms with van der Waals surface area (Å²) in [6, 6.07) is 8.07. The zero-order valence-corrected chi connectivity index (χ0v) is 9.30. The highest BCUT2D eigenvalue weighted by Crippen LogP contribution is 2.47. The van der Waals surface area contributed by atoms with E-state index in [4.69, 9.17) is 0 Å². The molecule has 0 radical (unpaired) electrons. The molecular formula is C14H15NO. The lowest BCUT2D eigenvalue weighted by molar-refractivity contribution is 0.149. The van der Waals surface area contributed by atoms with Crippen LogP contribution in [0.25, 0.3) is 10.8 Å². The molecule has 0 spiro atoms. The Balaban J connectivity index is 2.09. The predicted octanol–water partition coefficient (Wildman–Crippen LogP) is 2.92. The quantitative estimate of drug-likeness (QED) is 0.832. The average Bonchev–Trinajstić information content (AvgIpc) is 3.05. The Bertz CT molecular complexity index is 518. The molecule has 2 aromatic rings. The molecule has 1 fully saturated rings. The minimum absolute atomic E-state index is 0.331. The van der Waals surface area contributed by atoms with Crippen molar-refractivity contribution in [1.29, 1.82) is 0 Å². The third kappa shape index (κ3) is 1.50. The third-order valence-electron chi connectivity index (χ3n) is 3.61. The Morgan fingerprint density at radius 1 is 1.38 bits per heavy atom. The molecule has 2 nitrogen and oxygen atoms in total. The van der Waals surface area contributed by atoms with Gasteiger partial charge >= 0.3 is 0 Å². The number of nitrogens with zero attached hydrogens (tertiary/aromatic N) is 1. The van der Waals surface area contributed by atoms with Gasteiger partial charge in [-0.2, -0.15) is 0 Å². The molecule has 1 aromatic heterocycles. The van der Waals surface area contributed by atoms with Gasteiger partial charge in [-0.25, -0.2) is 0 Å². The topological polar surface area (TPSA) is 33.1 Å². The van der Waals surface area contributed by atoms with E-state index in [1.54, 1.807) is 6.20 Å². The van der Waals surface area contributed by atoms with Gasteiger partial charge in [-0.3, -0.25) is 4.98 Å². The van der Waals surface area contributed by atoms with E-state index in [0.717, 1.165) is 22.8 Å². The fourth-order valence-corrected chi connectivity index (χ4v) is 2.42. The molecule has 1 aliphatic rings. The van der Waals surface area contributed by atoms with Crippen LogP contribution in [0.2, 0.25) is 0 Å². The normalized spacial score (nSPS) is 25.6. The molecule has 82 valence electrons. The number of aliphatic hydroxyl groups is 1. The average molecular weight is 213 g/mol. The summed E-state index contributed by atoms with van der Waals surface area (Å²) in [5, 5.41) is 12.5. The van der Waals surface area contributed by atoms with E-state index in [-0.39, 0.29) is 6.10 Å². The number of hydrogen-bond acceptors (Lipinski definition) is 2. The molecule has 1 heterocycles. The summed E-state index contributed by atoms with van der Waals surface area (Å²) in [6.45, 7) is 2.19. The van der Waals surface area contributed by atoms with Gasteiger partial charge in [0, 0.05) is 17.8 Å². The molecule has 1 N–H and O–H groups in total. The predicted molar refractivity (Wildman–Crippen MR) is 64.0 cm³/mol. The standard InChI is InChI=1S/C14H15NO/c1-9-7-12(9)14(16)11-4-2-3-10-5-6-15-8-13(10)11/h2-6,8-9,12,14,16H,7H2,1H3. The first kappa shape index (κ1) is 9.79. The maximum atomic E-state index is 10.3. The van der Waals surface area contributed by atoms with Crippen molar-refractivity contribution in [3.8, 4) is 0 Å². The Labute approximate surface area is 94.9 Å². The van der Waals surface area contributed by atoms with Gasteiger partial charge in [0.15, 0.2) is 0 Å². The second kappa shape index (κ2) is 3.56. The number of hydrogen-bond donors (Lipinski definition) is 1. The summed E-state index contributed by atoms with van der Waals surface area (Å²) >= 11 is 0. The third-order valence-corrected chi connectivity index (χ3v) is 3.61. The van der Waals surface area contributed by atoms with Crippen molar-refractivity contribution < 1.29 is 5.11 Å². The highest BCUT2D eigenvalue weighted by atomic mass is 16.3.